The first kappa shape index (κ1) is 33.2. The molecule has 0 aliphatic heterocycles. The summed E-state index contributed by atoms with van der Waals surface area (Å²) in [6.07, 6.45) is 0. The SMILES string of the molecule is COP(=S)(OC)Oc1ccc(S(=O)(=O)N(C)CCOP(=S)(OC)Oc2ccc(S(=O)(=O)N(C)C)cc2)cc1. The summed E-state index contributed by atoms with van der Waals surface area (Å²) in [6, 6.07) is 11.2. The number of sulfonamides is 2. The molecule has 0 aromatic heterocycles. The van der Waals surface area contributed by atoms with E-state index in [4.69, 9.17) is 50.8 Å². The maximum absolute atomic E-state index is 13.0. The van der Waals surface area contributed by atoms with Crippen LogP contribution in [0.5, 0.6) is 11.5 Å². The highest BCUT2D eigenvalue weighted by atomic mass is 32.5. The Kier molecular flexibility index (Phi) is 11.9. The molecule has 18 heteroatoms. The van der Waals surface area contributed by atoms with Gasteiger partial charge in [0, 0.05) is 72.6 Å². The molecule has 214 valence electrons. The number of nitrogens with zero attached hydrogens (tertiary/aromatic N) is 2. The Morgan fingerprint density at radius 1 is 0.684 bits per heavy atom. The lowest BCUT2D eigenvalue weighted by Gasteiger charge is -2.23. The minimum Gasteiger partial charge on any atom is -0.424 e. The molecule has 2 rings (SSSR count). The van der Waals surface area contributed by atoms with E-state index in [0.29, 0.717) is 5.75 Å². The highest BCUT2D eigenvalue weighted by molar-refractivity contribution is 8.08. The quantitative estimate of drug-likeness (QED) is 0.262. The average molecular weight is 649 g/mol. The fourth-order valence-corrected chi connectivity index (χ4v) is 7.05. The van der Waals surface area contributed by atoms with Crippen LogP contribution in [0.15, 0.2) is 58.3 Å². The monoisotopic (exact) mass is 648 g/mol. The molecule has 2 aromatic carbocycles. The van der Waals surface area contributed by atoms with Crippen LogP contribution in [0.25, 0.3) is 0 Å². The van der Waals surface area contributed by atoms with Crippen LogP contribution in [-0.2, 0) is 61.8 Å². The van der Waals surface area contributed by atoms with Crippen molar-refractivity contribution in [3.05, 3.63) is 48.5 Å². The van der Waals surface area contributed by atoms with Gasteiger partial charge in [0.25, 0.3) is 0 Å². The van der Waals surface area contributed by atoms with Crippen molar-refractivity contribution in [2.75, 3.05) is 55.6 Å². The van der Waals surface area contributed by atoms with Crippen LogP contribution < -0.4 is 9.05 Å². The molecule has 0 radical (unpaired) electrons. The lowest BCUT2D eigenvalue weighted by molar-refractivity contribution is 0.220. The summed E-state index contributed by atoms with van der Waals surface area (Å²) >= 11 is 10.5. The minimum atomic E-state index is -3.87. The molecule has 0 aliphatic carbocycles. The van der Waals surface area contributed by atoms with Gasteiger partial charge in [-0.1, -0.05) is 0 Å². The summed E-state index contributed by atoms with van der Waals surface area (Å²) in [4.78, 5) is 0.0982. The van der Waals surface area contributed by atoms with Gasteiger partial charge < -0.3 is 22.6 Å². The standard InChI is InChI=1S/C20H30N2O10P2S4/c1-21(2)37(23,24)19-11-7-18(8-12-19)32-34(36,29-6)30-16-15-22(3)38(25,26)20-13-9-17(10-14-20)31-33(35,27-4)28-5/h7-14H,15-16H2,1-6H3. The molecule has 0 saturated heterocycles. The van der Waals surface area contributed by atoms with E-state index in [-0.39, 0.29) is 28.7 Å². The molecule has 1 atom stereocenters. The van der Waals surface area contributed by atoms with Gasteiger partial charge in [0.15, 0.2) is 0 Å². The Morgan fingerprint density at radius 2 is 1.08 bits per heavy atom. The molecule has 0 saturated carbocycles. The average Bonchev–Trinajstić information content (AvgIpc) is 2.89. The zero-order chi connectivity index (χ0) is 28.8. The van der Waals surface area contributed by atoms with Crippen LogP contribution in [0.3, 0.4) is 0 Å². The van der Waals surface area contributed by atoms with Gasteiger partial charge in [-0.25, -0.2) is 21.1 Å². The van der Waals surface area contributed by atoms with Crippen molar-refractivity contribution in [2.45, 2.75) is 9.79 Å². The Hall–Kier alpha value is -1.00. The molecule has 0 bridgehead atoms. The van der Waals surface area contributed by atoms with Crippen LogP contribution in [0.1, 0.15) is 0 Å². The summed E-state index contributed by atoms with van der Waals surface area (Å²) < 4.78 is 84.7. The molecular weight excluding hydrogens is 618 g/mol. The first-order chi connectivity index (χ1) is 17.6. The van der Waals surface area contributed by atoms with Gasteiger partial charge in [-0.05, 0) is 48.5 Å². The summed E-state index contributed by atoms with van der Waals surface area (Å²) in [5.74, 6) is 0.538. The Bertz CT molecular complexity index is 1380. The second kappa shape index (κ2) is 13.6. The highest BCUT2D eigenvalue weighted by Gasteiger charge is 2.26. The van der Waals surface area contributed by atoms with Gasteiger partial charge in [0.2, 0.25) is 20.0 Å². The topological polar surface area (TPSA) is 130 Å². The molecule has 2 aromatic rings. The van der Waals surface area contributed by atoms with E-state index >= 15 is 0 Å². The van der Waals surface area contributed by atoms with Crippen molar-refractivity contribution >= 4 is 57.1 Å². The smallest absolute Gasteiger partial charge is 0.380 e. The molecule has 0 aliphatic rings. The predicted molar refractivity (Wildman–Crippen MR) is 150 cm³/mol. The molecule has 1 unspecified atom stereocenters. The van der Waals surface area contributed by atoms with E-state index in [9.17, 15) is 16.8 Å². The van der Waals surface area contributed by atoms with E-state index in [1.807, 2.05) is 0 Å². The Morgan fingerprint density at radius 3 is 1.47 bits per heavy atom. The summed E-state index contributed by atoms with van der Waals surface area (Å²) in [7, 11) is 0.812. The summed E-state index contributed by atoms with van der Waals surface area (Å²) in [5.41, 5.74) is 0. The number of hydrogen-bond acceptors (Lipinski definition) is 12. The number of rotatable bonds is 15. The molecule has 12 nitrogen and oxygen atoms in total. The molecule has 38 heavy (non-hydrogen) atoms. The Balaban J connectivity index is 2.01. The fourth-order valence-electron chi connectivity index (χ4n) is 2.66. The number of benzene rings is 2. The van der Waals surface area contributed by atoms with Crippen molar-refractivity contribution in [1.82, 2.24) is 8.61 Å². The van der Waals surface area contributed by atoms with Crippen molar-refractivity contribution < 1.29 is 44.0 Å². The third-order valence-electron chi connectivity index (χ3n) is 4.90. The predicted octanol–water partition coefficient (Wildman–Crippen LogP) is 3.42. The van der Waals surface area contributed by atoms with Gasteiger partial charge in [-0.15, -0.1) is 0 Å². The van der Waals surface area contributed by atoms with Crippen LogP contribution in [0.2, 0.25) is 0 Å². The maximum atomic E-state index is 13.0. The van der Waals surface area contributed by atoms with Gasteiger partial charge in [0.05, 0.1) is 16.4 Å². The maximum Gasteiger partial charge on any atom is 0.380 e. The Labute approximate surface area is 234 Å². The first-order valence-electron chi connectivity index (χ1n) is 10.6. The van der Waals surface area contributed by atoms with Gasteiger partial charge in [0.1, 0.15) is 11.5 Å². The lowest BCUT2D eigenvalue weighted by Crippen LogP contribution is -2.30. The highest BCUT2D eigenvalue weighted by Crippen LogP contribution is 2.49. The molecule has 0 spiro atoms. The van der Waals surface area contributed by atoms with Gasteiger partial charge >= 0.3 is 13.4 Å². The molecular formula is C20H30N2O10P2S4. The minimum absolute atomic E-state index is 0.0191. The fraction of sp³-hybridized carbons (Fsp3) is 0.400. The van der Waals surface area contributed by atoms with E-state index < -0.39 is 33.5 Å². The van der Waals surface area contributed by atoms with Crippen molar-refractivity contribution in [3.8, 4) is 11.5 Å². The molecule has 0 heterocycles. The largest absolute Gasteiger partial charge is 0.424 e. The lowest BCUT2D eigenvalue weighted by atomic mass is 10.3. The zero-order valence-electron chi connectivity index (χ0n) is 21.5. The second-order valence-electron chi connectivity index (χ2n) is 7.51. The molecule has 0 N–H and O–H groups in total. The van der Waals surface area contributed by atoms with E-state index in [1.165, 1.54) is 91.0 Å². The third-order valence-corrected chi connectivity index (χ3v) is 13.4. The van der Waals surface area contributed by atoms with E-state index in [1.54, 1.807) is 0 Å². The van der Waals surface area contributed by atoms with Crippen LogP contribution >= 0.6 is 13.4 Å². The van der Waals surface area contributed by atoms with Crippen molar-refractivity contribution in [1.29, 1.82) is 0 Å². The van der Waals surface area contributed by atoms with Crippen LogP contribution in [-0.4, -0.2) is 81.1 Å². The zero-order valence-corrected chi connectivity index (χ0v) is 26.6. The molecule has 0 amide bonds. The first-order valence-corrected chi connectivity index (χ1v) is 18.6. The van der Waals surface area contributed by atoms with Crippen LogP contribution in [0, 0.1) is 0 Å². The molecule has 0 fully saturated rings. The second-order valence-corrected chi connectivity index (χ2v) is 17.9. The number of hydrogen-bond donors (Lipinski definition) is 0. The van der Waals surface area contributed by atoms with Gasteiger partial charge in [-0.3, -0.25) is 4.52 Å². The van der Waals surface area contributed by atoms with Crippen molar-refractivity contribution in [3.63, 3.8) is 0 Å². The van der Waals surface area contributed by atoms with Crippen LogP contribution in [0.4, 0.5) is 0 Å². The summed E-state index contributed by atoms with van der Waals surface area (Å²) in [5, 5.41) is 0. The van der Waals surface area contributed by atoms with E-state index in [0.717, 1.165) is 8.61 Å². The van der Waals surface area contributed by atoms with E-state index in [2.05, 4.69) is 0 Å². The summed E-state index contributed by atoms with van der Waals surface area (Å²) in [6.45, 7) is -6.44. The normalized spacial score (nSPS) is 14.4. The van der Waals surface area contributed by atoms with Gasteiger partial charge in [-0.2, -0.15) is 4.31 Å². The number of likely N-dealkylation sites (N-methyl/N-ethyl adjacent to an activating group) is 1. The van der Waals surface area contributed by atoms with Crippen molar-refractivity contribution in [2.24, 2.45) is 0 Å². The third kappa shape index (κ3) is 8.50.